The first-order chi connectivity index (χ1) is 8.70. The second kappa shape index (κ2) is 5.76. The molecule has 1 aromatic carbocycles. The number of aliphatic hydroxyl groups is 1. The topological polar surface area (TPSA) is 36.4 Å². The molecule has 3 nitrogen and oxygen atoms in total. The molecule has 1 heterocycles. The van der Waals surface area contributed by atoms with Crippen molar-refractivity contribution in [3.63, 3.8) is 0 Å². The third-order valence-corrected chi connectivity index (χ3v) is 2.81. The van der Waals surface area contributed by atoms with Gasteiger partial charge in [-0.15, -0.1) is 0 Å². The zero-order valence-corrected chi connectivity index (χ0v) is 10.8. The molecule has 0 aliphatic heterocycles. The Morgan fingerprint density at radius 2 is 2.06 bits per heavy atom. The monoisotopic (exact) mass is 242 g/mol. The van der Waals surface area contributed by atoms with Gasteiger partial charge >= 0.3 is 0 Å². The van der Waals surface area contributed by atoms with Crippen molar-refractivity contribution in [2.24, 2.45) is 0 Å². The number of nitrogens with zero attached hydrogens (tertiary/aromatic N) is 2. The van der Waals surface area contributed by atoms with E-state index in [0.717, 1.165) is 23.2 Å². The lowest BCUT2D eigenvalue weighted by atomic mass is 9.99. The summed E-state index contributed by atoms with van der Waals surface area (Å²) in [7, 11) is 4.07. The van der Waals surface area contributed by atoms with Gasteiger partial charge in [-0.05, 0) is 36.9 Å². The van der Waals surface area contributed by atoms with E-state index in [9.17, 15) is 5.11 Å². The number of aromatic nitrogens is 1. The van der Waals surface area contributed by atoms with Crippen LogP contribution in [0.2, 0.25) is 0 Å². The van der Waals surface area contributed by atoms with Crippen LogP contribution < -0.4 is 0 Å². The molecule has 0 amide bonds. The normalized spacial score (nSPS) is 10.9. The van der Waals surface area contributed by atoms with Crippen molar-refractivity contribution in [3.05, 3.63) is 53.9 Å². The molecule has 3 heteroatoms. The summed E-state index contributed by atoms with van der Waals surface area (Å²) in [5.74, 6) is 0. The maximum absolute atomic E-state index is 9.50. The van der Waals surface area contributed by atoms with E-state index in [-0.39, 0.29) is 6.61 Å². The first-order valence-electron chi connectivity index (χ1n) is 5.98. The van der Waals surface area contributed by atoms with Gasteiger partial charge in [-0.25, -0.2) is 0 Å². The van der Waals surface area contributed by atoms with Crippen molar-refractivity contribution in [2.75, 3.05) is 14.1 Å². The standard InChI is InChI=1S/C15H18N2O/c1-17(2)10-12-5-6-15(14(8-12)11-18)13-4-3-7-16-9-13/h3-9,18H,10-11H2,1-2H3. The summed E-state index contributed by atoms with van der Waals surface area (Å²) in [6, 6.07) is 10.1. The van der Waals surface area contributed by atoms with Gasteiger partial charge in [-0.2, -0.15) is 0 Å². The summed E-state index contributed by atoms with van der Waals surface area (Å²) in [5, 5.41) is 9.50. The van der Waals surface area contributed by atoms with Crippen LogP contribution in [0, 0.1) is 0 Å². The number of aliphatic hydroxyl groups excluding tert-OH is 1. The molecule has 2 rings (SSSR count). The number of hydrogen-bond acceptors (Lipinski definition) is 3. The summed E-state index contributed by atoms with van der Waals surface area (Å²) in [5.41, 5.74) is 4.24. The van der Waals surface area contributed by atoms with E-state index in [0.29, 0.717) is 0 Å². The Hall–Kier alpha value is -1.71. The van der Waals surface area contributed by atoms with Crippen LogP contribution in [-0.2, 0) is 13.2 Å². The minimum absolute atomic E-state index is 0.0471. The van der Waals surface area contributed by atoms with Crippen molar-refractivity contribution in [2.45, 2.75) is 13.2 Å². The summed E-state index contributed by atoms with van der Waals surface area (Å²) >= 11 is 0. The molecule has 0 spiro atoms. The molecular weight excluding hydrogens is 224 g/mol. The molecule has 0 bridgehead atoms. The van der Waals surface area contributed by atoms with Gasteiger partial charge in [0.1, 0.15) is 0 Å². The Balaban J connectivity index is 2.38. The molecule has 0 unspecified atom stereocenters. The maximum Gasteiger partial charge on any atom is 0.0687 e. The van der Waals surface area contributed by atoms with Gasteiger partial charge in [0.05, 0.1) is 6.61 Å². The van der Waals surface area contributed by atoms with Gasteiger partial charge in [0, 0.05) is 24.5 Å². The number of hydrogen-bond donors (Lipinski definition) is 1. The fourth-order valence-electron chi connectivity index (χ4n) is 2.05. The minimum Gasteiger partial charge on any atom is -0.392 e. The van der Waals surface area contributed by atoms with Gasteiger partial charge in [-0.3, -0.25) is 4.98 Å². The van der Waals surface area contributed by atoms with Gasteiger partial charge < -0.3 is 10.0 Å². The summed E-state index contributed by atoms with van der Waals surface area (Å²) in [6.07, 6.45) is 3.57. The molecule has 94 valence electrons. The molecule has 0 aliphatic rings. The van der Waals surface area contributed by atoms with Crippen LogP contribution in [0.25, 0.3) is 11.1 Å². The van der Waals surface area contributed by atoms with Gasteiger partial charge in [0.15, 0.2) is 0 Å². The van der Waals surface area contributed by atoms with E-state index < -0.39 is 0 Å². The number of benzene rings is 1. The van der Waals surface area contributed by atoms with Crippen molar-refractivity contribution < 1.29 is 5.11 Å². The van der Waals surface area contributed by atoms with Crippen molar-refractivity contribution in [3.8, 4) is 11.1 Å². The Labute approximate surface area is 108 Å². The molecule has 0 fully saturated rings. The average molecular weight is 242 g/mol. The second-order valence-electron chi connectivity index (χ2n) is 4.63. The van der Waals surface area contributed by atoms with Crippen molar-refractivity contribution in [1.29, 1.82) is 0 Å². The molecule has 18 heavy (non-hydrogen) atoms. The molecule has 0 saturated heterocycles. The SMILES string of the molecule is CN(C)Cc1ccc(-c2cccnc2)c(CO)c1. The largest absolute Gasteiger partial charge is 0.392 e. The molecule has 0 radical (unpaired) electrons. The highest BCUT2D eigenvalue weighted by Crippen LogP contribution is 2.24. The van der Waals surface area contributed by atoms with Gasteiger partial charge in [0.25, 0.3) is 0 Å². The Kier molecular flexibility index (Phi) is 4.07. The third-order valence-electron chi connectivity index (χ3n) is 2.81. The zero-order chi connectivity index (χ0) is 13.0. The van der Waals surface area contributed by atoms with Gasteiger partial charge in [-0.1, -0.05) is 24.3 Å². The highest BCUT2D eigenvalue weighted by atomic mass is 16.3. The molecule has 0 aliphatic carbocycles. The van der Waals surface area contributed by atoms with E-state index in [1.54, 1.807) is 6.20 Å². The Bertz CT molecular complexity index is 509. The van der Waals surface area contributed by atoms with Crippen molar-refractivity contribution >= 4 is 0 Å². The average Bonchev–Trinajstić information content (AvgIpc) is 2.39. The highest BCUT2D eigenvalue weighted by molar-refractivity contribution is 5.66. The van der Waals surface area contributed by atoms with Crippen LogP contribution >= 0.6 is 0 Å². The van der Waals surface area contributed by atoms with E-state index in [1.165, 1.54) is 5.56 Å². The van der Waals surface area contributed by atoms with Crippen LogP contribution in [0.3, 0.4) is 0 Å². The Morgan fingerprint density at radius 1 is 1.22 bits per heavy atom. The number of pyridine rings is 1. The zero-order valence-electron chi connectivity index (χ0n) is 10.8. The number of rotatable bonds is 4. The van der Waals surface area contributed by atoms with Crippen LogP contribution in [0.5, 0.6) is 0 Å². The molecule has 2 aromatic rings. The lowest BCUT2D eigenvalue weighted by Gasteiger charge is -2.13. The lowest BCUT2D eigenvalue weighted by molar-refractivity contribution is 0.282. The summed E-state index contributed by atoms with van der Waals surface area (Å²) < 4.78 is 0. The molecule has 0 atom stereocenters. The summed E-state index contributed by atoms with van der Waals surface area (Å²) in [6.45, 7) is 0.922. The fraction of sp³-hybridized carbons (Fsp3) is 0.267. The van der Waals surface area contributed by atoms with Crippen LogP contribution in [0.1, 0.15) is 11.1 Å². The van der Waals surface area contributed by atoms with Gasteiger partial charge in [0.2, 0.25) is 0 Å². The molecule has 1 aromatic heterocycles. The minimum atomic E-state index is 0.0471. The lowest BCUT2D eigenvalue weighted by Crippen LogP contribution is -2.10. The smallest absolute Gasteiger partial charge is 0.0687 e. The predicted octanol–water partition coefficient (Wildman–Crippen LogP) is 2.30. The van der Waals surface area contributed by atoms with E-state index in [1.807, 2.05) is 32.4 Å². The van der Waals surface area contributed by atoms with E-state index in [2.05, 4.69) is 28.1 Å². The maximum atomic E-state index is 9.50. The second-order valence-corrected chi connectivity index (χ2v) is 4.63. The highest BCUT2D eigenvalue weighted by Gasteiger charge is 2.06. The van der Waals surface area contributed by atoms with E-state index in [4.69, 9.17) is 0 Å². The first-order valence-corrected chi connectivity index (χ1v) is 5.98. The predicted molar refractivity (Wildman–Crippen MR) is 73.0 cm³/mol. The summed E-state index contributed by atoms with van der Waals surface area (Å²) in [4.78, 5) is 6.23. The van der Waals surface area contributed by atoms with Crippen LogP contribution in [0.4, 0.5) is 0 Å². The quantitative estimate of drug-likeness (QED) is 0.893. The molecule has 0 saturated carbocycles. The molecular formula is C15H18N2O. The van der Waals surface area contributed by atoms with E-state index >= 15 is 0 Å². The first kappa shape index (κ1) is 12.7. The Morgan fingerprint density at radius 3 is 2.67 bits per heavy atom. The van der Waals surface area contributed by atoms with Crippen LogP contribution in [-0.4, -0.2) is 29.1 Å². The van der Waals surface area contributed by atoms with Crippen LogP contribution in [0.15, 0.2) is 42.7 Å². The fourth-order valence-corrected chi connectivity index (χ4v) is 2.05. The molecule has 1 N–H and O–H groups in total. The third kappa shape index (κ3) is 2.94. The van der Waals surface area contributed by atoms with Crippen molar-refractivity contribution in [1.82, 2.24) is 9.88 Å².